The van der Waals surface area contributed by atoms with E-state index < -0.39 is 17.7 Å². The molecule has 26 heavy (non-hydrogen) atoms. The standard InChI is InChI=1S/C19H23ClF3NOS/c1-12-16(19(21,22)23)6-3-7-18(12)26-15-9-8-13(17(20)10-15)4-2-5-14(24)11-25/h3,6-10,12,14,18,25H,2,4-5,11,24H2,1H3. The van der Waals surface area contributed by atoms with Crippen LogP contribution in [0.2, 0.25) is 5.02 Å². The molecular formula is C19H23ClF3NOS. The van der Waals surface area contributed by atoms with Crippen LogP contribution in [-0.4, -0.2) is 29.2 Å². The van der Waals surface area contributed by atoms with Crippen LogP contribution >= 0.6 is 23.4 Å². The van der Waals surface area contributed by atoms with Gasteiger partial charge in [-0.3, -0.25) is 0 Å². The number of rotatable bonds is 7. The van der Waals surface area contributed by atoms with Crippen molar-refractivity contribution in [3.05, 3.63) is 52.6 Å². The fourth-order valence-electron chi connectivity index (χ4n) is 2.87. The Labute approximate surface area is 161 Å². The Morgan fingerprint density at radius 3 is 2.69 bits per heavy atom. The van der Waals surface area contributed by atoms with Gasteiger partial charge in [0.2, 0.25) is 0 Å². The lowest BCUT2D eigenvalue weighted by Crippen LogP contribution is -2.26. The van der Waals surface area contributed by atoms with Crippen LogP contribution in [0.15, 0.2) is 46.9 Å². The Morgan fingerprint density at radius 1 is 1.35 bits per heavy atom. The van der Waals surface area contributed by atoms with Gasteiger partial charge in [0, 0.05) is 32.7 Å². The van der Waals surface area contributed by atoms with E-state index in [4.69, 9.17) is 22.4 Å². The molecule has 3 unspecified atom stereocenters. The highest BCUT2D eigenvalue weighted by molar-refractivity contribution is 8.00. The van der Waals surface area contributed by atoms with Crippen molar-refractivity contribution in [2.45, 2.75) is 48.5 Å². The smallest absolute Gasteiger partial charge is 0.395 e. The minimum Gasteiger partial charge on any atom is -0.395 e. The summed E-state index contributed by atoms with van der Waals surface area (Å²) in [6, 6.07) is 5.38. The number of halogens is 4. The Morgan fingerprint density at radius 2 is 2.08 bits per heavy atom. The van der Waals surface area contributed by atoms with Crippen molar-refractivity contribution in [1.82, 2.24) is 0 Å². The SMILES string of the molecule is CC1C(C(F)(F)F)=CC=CC1Sc1ccc(CCCC(N)CO)c(Cl)c1. The molecule has 2 rings (SSSR count). The average molecular weight is 406 g/mol. The normalized spacial score (nSPS) is 21.6. The first-order valence-electron chi connectivity index (χ1n) is 8.49. The maximum Gasteiger partial charge on any atom is 0.413 e. The molecule has 1 aliphatic rings. The molecule has 0 saturated heterocycles. The van der Waals surface area contributed by atoms with Gasteiger partial charge in [-0.1, -0.05) is 42.8 Å². The number of thioether (sulfide) groups is 1. The van der Waals surface area contributed by atoms with Gasteiger partial charge in [-0.15, -0.1) is 11.8 Å². The highest BCUT2D eigenvalue weighted by atomic mass is 35.5. The molecule has 0 aliphatic heterocycles. The van der Waals surface area contributed by atoms with Gasteiger partial charge in [0.25, 0.3) is 0 Å². The molecule has 0 radical (unpaired) electrons. The number of aliphatic hydroxyl groups excluding tert-OH is 1. The van der Waals surface area contributed by atoms with Crippen LogP contribution in [0.4, 0.5) is 13.2 Å². The van der Waals surface area contributed by atoms with Crippen LogP contribution < -0.4 is 5.73 Å². The molecule has 0 aromatic heterocycles. The van der Waals surface area contributed by atoms with Crippen molar-refractivity contribution in [2.24, 2.45) is 11.7 Å². The first kappa shape index (κ1) is 21.4. The molecule has 0 bridgehead atoms. The van der Waals surface area contributed by atoms with Crippen LogP contribution in [0.5, 0.6) is 0 Å². The molecule has 0 amide bonds. The number of hydrogen-bond donors (Lipinski definition) is 2. The second-order valence-electron chi connectivity index (χ2n) is 6.46. The summed E-state index contributed by atoms with van der Waals surface area (Å²) in [5, 5.41) is 9.25. The van der Waals surface area contributed by atoms with Gasteiger partial charge in [0.05, 0.1) is 6.61 Å². The summed E-state index contributed by atoms with van der Waals surface area (Å²) in [7, 11) is 0. The zero-order valence-corrected chi connectivity index (χ0v) is 16.0. The highest BCUT2D eigenvalue weighted by Crippen LogP contribution is 2.41. The molecule has 7 heteroatoms. The number of aryl methyl sites for hydroxylation is 1. The second-order valence-corrected chi connectivity index (χ2v) is 8.12. The van der Waals surface area contributed by atoms with Crippen LogP contribution in [0.1, 0.15) is 25.3 Å². The summed E-state index contributed by atoms with van der Waals surface area (Å²) in [5.74, 6) is -0.622. The van der Waals surface area contributed by atoms with Crippen LogP contribution in [0.25, 0.3) is 0 Å². The number of nitrogens with two attached hydrogens (primary N) is 1. The number of allylic oxidation sites excluding steroid dienone is 3. The zero-order chi connectivity index (χ0) is 19.3. The molecule has 1 aromatic rings. The largest absolute Gasteiger partial charge is 0.413 e. The van der Waals surface area contributed by atoms with E-state index in [0.29, 0.717) is 11.4 Å². The fraction of sp³-hybridized carbons (Fsp3) is 0.474. The summed E-state index contributed by atoms with van der Waals surface area (Å²) < 4.78 is 39.2. The Hall–Kier alpha value is -0.950. The predicted molar refractivity (Wildman–Crippen MR) is 102 cm³/mol. The lowest BCUT2D eigenvalue weighted by Gasteiger charge is -2.27. The van der Waals surface area contributed by atoms with E-state index in [-0.39, 0.29) is 17.9 Å². The fourth-order valence-corrected chi connectivity index (χ4v) is 4.37. The molecule has 144 valence electrons. The molecule has 0 fully saturated rings. The molecule has 3 atom stereocenters. The highest BCUT2D eigenvalue weighted by Gasteiger charge is 2.40. The minimum absolute atomic E-state index is 0.0369. The Bertz CT molecular complexity index is 675. The number of alkyl halides is 3. The Kier molecular flexibility index (Phi) is 7.64. The molecular weight excluding hydrogens is 383 g/mol. The molecule has 0 heterocycles. The van der Waals surface area contributed by atoms with Gasteiger partial charge in [-0.05, 0) is 37.0 Å². The quantitative estimate of drug-likeness (QED) is 0.660. The van der Waals surface area contributed by atoms with Crippen molar-refractivity contribution in [3.63, 3.8) is 0 Å². The first-order chi connectivity index (χ1) is 12.2. The van der Waals surface area contributed by atoms with E-state index in [2.05, 4.69) is 0 Å². The van der Waals surface area contributed by atoms with E-state index >= 15 is 0 Å². The summed E-state index contributed by atoms with van der Waals surface area (Å²) in [4.78, 5) is 0.843. The van der Waals surface area contributed by atoms with E-state index in [1.165, 1.54) is 17.8 Å². The van der Waals surface area contributed by atoms with Crippen molar-refractivity contribution in [3.8, 4) is 0 Å². The van der Waals surface area contributed by atoms with E-state index in [9.17, 15) is 13.2 Å². The lowest BCUT2D eigenvalue weighted by atomic mass is 9.92. The maximum absolute atomic E-state index is 13.1. The zero-order valence-electron chi connectivity index (χ0n) is 14.5. The van der Waals surface area contributed by atoms with Gasteiger partial charge >= 0.3 is 6.18 Å². The average Bonchev–Trinajstić information content (AvgIpc) is 2.57. The van der Waals surface area contributed by atoms with Crippen LogP contribution in [0.3, 0.4) is 0 Å². The lowest BCUT2D eigenvalue weighted by molar-refractivity contribution is -0.0982. The van der Waals surface area contributed by atoms with Crippen LogP contribution in [0, 0.1) is 5.92 Å². The van der Waals surface area contributed by atoms with E-state index in [0.717, 1.165) is 29.4 Å². The summed E-state index contributed by atoms with van der Waals surface area (Å²) in [5.41, 5.74) is 6.16. The van der Waals surface area contributed by atoms with Gasteiger partial charge in [0.15, 0.2) is 0 Å². The van der Waals surface area contributed by atoms with Crippen molar-refractivity contribution in [2.75, 3.05) is 6.61 Å². The number of hydrogen-bond acceptors (Lipinski definition) is 3. The van der Waals surface area contributed by atoms with Crippen molar-refractivity contribution in [1.29, 1.82) is 0 Å². The number of benzene rings is 1. The van der Waals surface area contributed by atoms with Crippen LogP contribution in [-0.2, 0) is 6.42 Å². The number of aliphatic hydroxyl groups is 1. The molecule has 1 aliphatic carbocycles. The predicted octanol–water partition coefficient (Wildman–Crippen LogP) is 5.14. The molecule has 1 aromatic carbocycles. The monoisotopic (exact) mass is 405 g/mol. The summed E-state index contributed by atoms with van der Waals surface area (Å²) >= 11 is 7.71. The third-order valence-corrected chi connectivity index (χ3v) is 6.15. The molecule has 3 N–H and O–H groups in total. The van der Waals surface area contributed by atoms with Crippen molar-refractivity contribution >= 4 is 23.4 Å². The third-order valence-electron chi connectivity index (χ3n) is 4.44. The summed E-state index contributed by atoms with van der Waals surface area (Å²) in [6.45, 7) is 1.56. The molecule has 0 spiro atoms. The maximum atomic E-state index is 13.1. The summed E-state index contributed by atoms with van der Waals surface area (Å²) in [6.07, 6.45) is 2.38. The van der Waals surface area contributed by atoms with E-state index in [1.807, 2.05) is 12.1 Å². The van der Waals surface area contributed by atoms with E-state index in [1.54, 1.807) is 19.1 Å². The first-order valence-corrected chi connectivity index (χ1v) is 9.75. The van der Waals surface area contributed by atoms with Gasteiger partial charge in [0.1, 0.15) is 0 Å². The minimum atomic E-state index is -4.31. The van der Waals surface area contributed by atoms with Gasteiger partial charge in [-0.2, -0.15) is 13.2 Å². The third kappa shape index (κ3) is 5.78. The van der Waals surface area contributed by atoms with Crippen molar-refractivity contribution < 1.29 is 18.3 Å². The molecule has 2 nitrogen and oxygen atoms in total. The topological polar surface area (TPSA) is 46.2 Å². The van der Waals surface area contributed by atoms with Gasteiger partial charge in [-0.25, -0.2) is 0 Å². The van der Waals surface area contributed by atoms with Gasteiger partial charge < -0.3 is 10.8 Å². The molecule has 0 saturated carbocycles. The Balaban J connectivity index is 1.99. The second kappa shape index (κ2) is 9.31.